The molecule has 112 valence electrons. The first-order valence-corrected chi connectivity index (χ1v) is 7.35. The summed E-state index contributed by atoms with van der Waals surface area (Å²) < 4.78 is 0. The van der Waals surface area contributed by atoms with Crippen LogP contribution >= 0.6 is 11.6 Å². The molecule has 0 saturated heterocycles. The first-order chi connectivity index (χ1) is 9.97. The van der Waals surface area contributed by atoms with E-state index < -0.39 is 0 Å². The quantitative estimate of drug-likeness (QED) is 0.892. The number of carbonyl (C=O) groups is 1. The molecule has 0 aliphatic rings. The molecule has 0 fully saturated rings. The number of fused-ring (bicyclic) bond motifs is 1. The van der Waals surface area contributed by atoms with Crippen LogP contribution in [0.4, 0.5) is 0 Å². The molecule has 5 heteroatoms. The summed E-state index contributed by atoms with van der Waals surface area (Å²) in [6, 6.07) is 7.11. The van der Waals surface area contributed by atoms with Gasteiger partial charge in [-0.3, -0.25) is 9.78 Å². The maximum absolute atomic E-state index is 12.3. The molecular formula is C16H19ClN2O2. The largest absolute Gasteiger partial charge is 0.393 e. The Balaban J connectivity index is 2.16. The molecule has 2 atom stereocenters. The number of amides is 1. The molecule has 1 amide bonds. The maximum atomic E-state index is 12.3. The van der Waals surface area contributed by atoms with Crippen molar-refractivity contribution in [2.24, 2.45) is 5.92 Å². The zero-order valence-electron chi connectivity index (χ0n) is 12.1. The second kappa shape index (κ2) is 6.87. The molecule has 0 saturated carbocycles. The number of aromatic nitrogens is 1. The molecule has 4 nitrogen and oxygen atoms in total. The van der Waals surface area contributed by atoms with Crippen molar-refractivity contribution in [1.29, 1.82) is 0 Å². The predicted molar refractivity (Wildman–Crippen MR) is 84.5 cm³/mol. The lowest BCUT2D eigenvalue weighted by atomic mass is 10.0. The Labute approximate surface area is 129 Å². The zero-order valence-corrected chi connectivity index (χ0v) is 12.9. The van der Waals surface area contributed by atoms with Gasteiger partial charge >= 0.3 is 0 Å². The van der Waals surface area contributed by atoms with Crippen LogP contribution in [0.3, 0.4) is 0 Å². The molecule has 0 radical (unpaired) electrons. The number of benzene rings is 1. The monoisotopic (exact) mass is 306 g/mol. The molecular weight excluding hydrogens is 288 g/mol. The van der Waals surface area contributed by atoms with E-state index in [1.54, 1.807) is 25.3 Å². The van der Waals surface area contributed by atoms with Crippen LogP contribution in [0, 0.1) is 5.92 Å². The third-order valence-electron chi connectivity index (χ3n) is 3.27. The summed E-state index contributed by atoms with van der Waals surface area (Å²) in [5, 5.41) is 13.6. The highest BCUT2D eigenvalue weighted by Crippen LogP contribution is 2.22. The van der Waals surface area contributed by atoms with Gasteiger partial charge in [0.1, 0.15) is 0 Å². The van der Waals surface area contributed by atoms with Crippen molar-refractivity contribution in [3.8, 4) is 0 Å². The summed E-state index contributed by atoms with van der Waals surface area (Å²) >= 11 is 6.06. The number of halogens is 1. The molecule has 2 N–H and O–H groups in total. The molecule has 0 aliphatic heterocycles. The maximum Gasteiger partial charge on any atom is 0.253 e. The van der Waals surface area contributed by atoms with E-state index in [1.165, 1.54) is 0 Å². The van der Waals surface area contributed by atoms with Gasteiger partial charge in [-0.05, 0) is 37.5 Å². The smallest absolute Gasteiger partial charge is 0.253 e. The standard InChI is InChI=1S/C16H19ClN2O2/c1-10(6-11(2)20)9-19-16(21)14-8-13(17)7-12-4-3-5-18-15(12)14/h3-5,7-8,10-11,20H,6,9H2,1-2H3,(H,19,21). The lowest BCUT2D eigenvalue weighted by molar-refractivity contribution is 0.0941. The van der Waals surface area contributed by atoms with Gasteiger partial charge in [0.05, 0.1) is 17.2 Å². The average molecular weight is 307 g/mol. The van der Waals surface area contributed by atoms with Gasteiger partial charge in [-0.1, -0.05) is 24.6 Å². The Hall–Kier alpha value is -1.65. The Kier molecular flexibility index (Phi) is 5.15. The Morgan fingerprint density at radius 3 is 2.90 bits per heavy atom. The first kappa shape index (κ1) is 15.7. The van der Waals surface area contributed by atoms with Crippen molar-refractivity contribution >= 4 is 28.4 Å². The van der Waals surface area contributed by atoms with E-state index in [4.69, 9.17) is 11.6 Å². The Morgan fingerprint density at radius 2 is 2.19 bits per heavy atom. The molecule has 0 bridgehead atoms. The summed E-state index contributed by atoms with van der Waals surface area (Å²) in [5.41, 5.74) is 1.12. The van der Waals surface area contributed by atoms with E-state index in [0.29, 0.717) is 29.1 Å². The molecule has 2 unspecified atom stereocenters. The fraction of sp³-hybridized carbons (Fsp3) is 0.375. The molecule has 1 aromatic heterocycles. The second-order valence-corrected chi connectivity index (χ2v) is 5.86. The minimum Gasteiger partial charge on any atom is -0.393 e. The lowest BCUT2D eigenvalue weighted by Crippen LogP contribution is -2.29. The number of pyridine rings is 1. The van der Waals surface area contributed by atoms with Crippen LogP contribution in [0.1, 0.15) is 30.6 Å². The zero-order chi connectivity index (χ0) is 15.4. The highest BCUT2D eigenvalue weighted by atomic mass is 35.5. The second-order valence-electron chi connectivity index (χ2n) is 5.43. The summed E-state index contributed by atoms with van der Waals surface area (Å²) in [6.07, 6.45) is 1.93. The predicted octanol–water partition coefficient (Wildman–Crippen LogP) is 3.03. The van der Waals surface area contributed by atoms with E-state index in [-0.39, 0.29) is 17.9 Å². The number of aliphatic hydroxyl groups is 1. The number of aliphatic hydroxyl groups excluding tert-OH is 1. The highest BCUT2D eigenvalue weighted by molar-refractivity contribution is 6.32. The first-order valence-electron chi connectivity index (χ1n) is 6.98. The fourth-order valence-electron chi connectivity index (χ4n) is 2.36. The molecule has 21 heavy (non-hydrogen) atoms. The normalized spacial score (nSPS) is 13.9. The average Bonchev–Trinajstić information content (AvgIpc) is 2.43. The van der Waals surface area contributed by atoms with Gasteiger partial charge in [0.2, 0.25) is 0 Å². The number of nitrogens with zero attached hydrogens (tertiary/aromatic N) is 1. The van der Waals surface area contributed by atoms with Crippen molar-refractivity contribution in [1.82, 2.24) is 10.3 Å². The van der Waals surface area contributed by atoms with Crippen molar-refractivity contribution in [3.05, 3.63) is 41.0 Å². The summed E-state index contributed by atoms with van der Waals surface area (Å²) in [5.74, 6) is 0.00556. The third kappa shape index (κ3) is 4.16. The molecule has 1 heterocycles. The van der Waals surface area contributed by atoms with Crippen LogP contribution in [-0.2, 0) is 0 Å². The topological polar surface area (TPSA) is 62.2 Å². The van der Waals surface area contributed by atoms with E-state index >= 15 is 0 Å². The van der Waals surface area contributed by atoms with Crippen LogP contribution in [0.2, 0.25) is 5.02 Å². The molecule has 0 spiro atoms. The van der Waals surface area contributed by atoms with Crippen molar-refractivity contribution < 1.29 is 9.90 Å². The van der Waals surface area contributed by atoms with Crippen molar-refractivity contribution in [2.45, 2.75) is 26.4 Å². The van der Waals surface area contributed by atoms with Gasteiger partial charge in [0.15, 0.2) is 0 Å². The van der Waals surface area contributed by atoms with Gasteiger partial charge in [-0.25, -0.2) is 0 Å². The van der Waals surface area contributed by atoms with Crippen molar-refractivity contribution in [2.75, 3.05) is 6.54 Å². The minimum atomic E-state index is -0.370. The number of carbonyl (C=O) groups excluding carboxylic acids is 1. The third-order valence-corrected chi connectivity index (χ3v) is 3.49. The molecule has 2 aromatic rings. The number of nitrogens with one attached hydrogen (secondary N) is 1. The fourth-order valence-corrected chi connectivity index (χ4v) is 2.58. The number of rotatable bonds is 5. The van der Waals surface area contributed by atoms with Crippen molar-refractivity contribution in [3.63, 3.8) is 0 Å². The Morgan fingerprint density at radius 1 is 1.43 bits per heavy atom. The van der Waals surface area contributed by atoms with E-state index in [1.807, 2.05) is 19.1 Å². The number of hydrogen-bond acceptors (Lipinski definition) is 3. The van der Waals surface area contributed by atoms with E-state index in [2.05, 4.69) is 10.3 Å². The van der Waals surface area contributed by atoms with Gasteiger partial charge in [-0.2, -0.15) is 0 Å². The Bertz CT molecular complexity index is 643. The molecule has 2 rings (SSSR count). The summed E-state index contributed by atoms with van der Waals surface area (Å²) in [6.45, 7) is 4.23. The van der Waals surface area contributed by atoms with Gasteiger partial charge in [0.25, 0.3) is 5.91 Å². The minimum absolute atomic E-state index is 0.196. The van der Waals surface area contributed by atoms with E-state index in [0.717, 1.165) is 5.39 Å². The molecule has 0 aliphatic carbocycles. The van der Waals surface area contributed by atoms with Gasteiger partial charge in [0, 0.05) is 23.2 Å². The molecule has 1 aromatic carbocycles. The van der Waals surface area contributed by atoms with Crippen LogP contribution in [0.15, 0.2) is 30.5 Å². The van der Waals surface area contributed by atoms with E-state index in [9.17, 15) is 9.90 Å². The van der Waals surface area contributed by atoms with Crippen LogP contribution in [0.25, 0.3) is 10.9 Å². The van der Waals surface area contributed by atoms with Crippen LogP contribution in [-0.4, -0.2) is 28.6 Å². The van der Waals surface area contributed by atoms with Gasteiger partial charge in [-0.15, -0.1) is 0 Å². The number of hydrogen-bond donors (Lipinski definition) is 2. The van der Waals surface area contributed by atoms with Gasteiger partial charge < -0.3 is 10.4 Å². The SMILES string of the molecule is CC(O)CC(C)CNC(=O)c1cc(Cl)cc2cccnc12. The van der Waals surface area contributed by atoms with Crippen LogP contribution < -0.4 is 5.32 Å². The lowest BCUT2D eigenvalue weighted by Gasteiger charge is -2.14. The summed E-state index contributed by atoms with van der Waals surface area (Å²) in [7, 11) is 0. The van der Waals surface area contributed by atoms with Crippen LogP contribution in [0.5, 0.6) is 0 Å². The summed E-state index contributed by atoms with van der Waals surface area (Å²) in [4.78, 5) is 16.6. The highest BCUT2D eigenvalue weighted by Gasteiger charge is 2.14.